The van der Waals surface area contributed by atoms with Crippen molar-refractivity contribution in [1.29, 1.82) is 0 Å². The molecule has 1 N–H and O–H groups in total. The van der Waals surface area contributed by atoms with Crippen molar-refractivity contribution in [1.82, 2.24) is 5.32 Å². The van der Waals surface area contributed by atoms with E-state index in [1.54, 1.807) is 0 Å². The molecule has 0 aromatic heterocycles. The van der Waals surface area contributed by atoms with Crippen LogP contribution < -0.4 is 10.1 Å². The Morgan fingerprint density at radius 3 is 2.52 bits per heavy atom. The molecule has 112 valence electrons. The van der Waals surface area contributed by atoms with Crippen LogP contribution >= 0.6 is 11.6 Å². The summed E-state index contributed by atoms with van der Waals surface area (Å²) >= 11 is 6.23. The highest BCUT2D eigenvalue weighted by Gasteiger charge is 2.07. The molecule has 21 heavy (non-hydrogen) atoms. The Morgan fingerprint density at radius 2 is 1.90 bits per heavy atom. The van der Waals surface area contributed by atoms with Crippen LogP contribution in [0.25, 0.3) is 0 Å². The maximum absolute atomic E-state index is 6.23. The second-order valence-corrected chi connectivity index (χ2v) is 5.83. The fourth-order valence-corrected chi connectivity index (χ4v) is 2.49. The van der Waals surface area contributed by atoms with Crippen LogP contribution in [0.2, 0.25) is 5.02 Å². The molecule has 0 saturated carbocycles. The molecule has 0 aliphatic rings. The highest BCUT2D eigenvalue weighted by molar-refractivity contribution is 6.31. The van der Waals surface area contributed by atoms with Gasteiger partial charge >= 0.3 is 0 Å². The molecule has 1 atom stereocenters. The van der Waals surface area contributed by atoms with E-state index in [0.717, 1.165) is 27.5 Å². The number of benzene rings is 2. The summed E-state index contributed by atoms with van der Waals surface area (Å²) in [6.07, 6.45) is 0. The van der Waals surface area contributed by atoms with Crippen LogP contribution in [0.4, 0.5) is 0 Å². The minimum absolute atomic E-state index is 0.337. The van der Waals surface area contributed by atoms with Gasteiger partial charge in [-0.1, -0.05) is 35.9 Å². The molecule has 0 bridgehead atoms. The normalized spacial score (nSPS) is 12.2. The molecule has 0 saturated heterocycles. The van der Waals surface area contributed by atoms with Gasteiger partial charge in [-0.05, 0) is 56.6 Å². The second-order valence-electron chi connectivity index (χ2n) is 5.42. The van der Waals surface area contributed by atoms with Gasteiger partial charge in [0.05, 0.1) is 0 Å². The number of hydrogen-bond donors (Lipinski definition) is 1. The van der Waals surface area contributed by atoms with Gasteiger partial charge in [0.1, 0.15) is 12.4 Å². The average Bonchev–Trinajstić information content (AvgIpc) is 2.46. The van der Waals surface area contributed by atoms with Gasteiger partial charge in [0.15, 0.2) is 0 Å². The second kappa shape index (κ2) is 6.97. The first-order chi connectivity index (χ1) is 10.0. The molecule has 0 fully saturated rings. The third kappa shape index (κ3) is 3.99. The van der Waals surface area contributed by atoms with Crippen LogP contribution in [-0.4, -0.2) is 7.05 Å². The zero-order valence-corrected chi connectivity index (χ0v) is 13.8. The van der Waals surface area contributed by atoms with Crippen molar-refractivity contribution in [3.8, 4) is 5.75 Å². The van der Waals surface area contributed by atoms with E-state index >= 15 is 0 Å². The minimum Gasteiger partial charge on any atom is -0.489 e. The Kier molecular flexibility index (Phi) is 5.27. The summed E-state index contributed by atoms with van der Waals surface area (Å²) in [5.41, 5.74) is 4.56. The van der Waals surface area contributed by atoms with Gasteiger partial charge in [0.25, 0.3) is 0 Å². The number of nitrogens with one attached hydrogen (secondary N) is 1. The zero-order valence-electron chi connectivity index (χ0n) is 13.0. The maximum atomic E-state index is 6.23. The smallest absolute Gasteiger partial charge is 0.122 e. The van der Waals surface area contributed by atoms with Crippen LogP contribution in [0, 0.1) is 13.8 Å². The Morgan fingerprint density at radius 1 is 1.14 bits per heavy atom. The lowest BCUT2D eigenvalue weighted by Crippen LogP contribution is -2.12. The number of ether oxygens (including phenoxy) is 1. The van der Waals surface area contributed by atoms with Gasteiger partial charge in [-0.3, -0.25) is 0 Å². The molecule has 0 radical (unpaired) electrons. The molecule has 0 aliphatic heterocycles. The average molecular weight is 304 g/mol. The first-order valence-corrected chi connectivity index (χ1v) is 7.54. The van der Waals surface area contributed by atoms with Crippen molar-refractivity contribution in [2.45, 2.75) is 33.4 Å². The largest absolute Gasteiger partial charge is 0.489 e. The molecular weight excluding hydrogens is 282 g/mol. The van der Waals surface area contributed by atoms with Gasteiger partial charge in [-0.2, -0.15) is 0 Å². The van der Waals surface area contributed by atoms with Crippen molar-refractivity contribution in [3.05, 3.63) is 63.7 Å². The van der Waals surface area contributed by atoms with Crippen LogP contribution in [0.1, 0.15) is 35.2 Å². The fraction of sp³-hybridized carbons (Fsp3) is 0.333. The van der Waals surface area contributed by atoms with Crippen LogP contribution in [0.5, 0.6) is 5.75 Å². The number of rotatable bonds is 5. The molecule has 0 amide bonds. The van der Waals surface area contributed by atoms with Crippen LogP contribution in [0.15, 0.2) is 36.4 Å². The molecular formula is C18H22ClNO. The van der Waals surface area contributed by atoms with E-state index < -0.39 is 0 Å². The monoisotopic (exact) mass is 303 g/mol. The fourth-order valence-electron chi connectivity index (χ4n) is 2.20. The van der Waals surface area contributed by atoms with E-state index in [0.29, 0.717) is 12.6 Å². The van der Waals surface area contributed by atoms with Gasteiger partial charge in [0.2, 0.25) is 0 Å². The van der Waals surface area contributed by atoms with E-state index in [1.165, 1.54) is 5.56 Å². The topological polar surface area (TPSA) is 21.3 Å². The summed E-state index contributed by atoms with van der Waals surface area (Å²) in [7, 11) is 1.96. The van der Waals surface area contributed by atoms with Crippen molar-refractivity contribution in [2.75, 3.05) is 7.05 Å². The molecule has 3 heteroatoms. The summed E-state index contributed by atoms with van der Waals surface area (Å²) in [6, 6.07) is 12.7. The molecule has 2 aromatic rings. The number of hydrogen-bond acceptors (Lipinski definition) is 2. The first-order valence-electron chi connectivity index (χ1n) is 7.17. The quantitative estimate of drug-likeness (QED) is 0.855. The summed E-state index contributed by atoms with van der Waals surface area (Å²) in [6.45, 7) is 6.72. The molecule has 0 aliphatic carbocycles. The van der Waals surface area contributed by atoms with Crippen molar-refractivity contribution in [2.24, 2.45) is 0 Å². The van der Waals surface area contributed by atoms with Gasteiger partial charge in [-0.25, -0.2) is 0 Å². The van der Waals surface area contributed by atoms with Gasteiger partial charge in [0, 0.05) is 16.6 Å². The lowest BCUT2D eigenvalue weighted by molar-refractivity contribution is 0.304. The van der Waals surface area contributed by atoms with Crippen molar-refractivity contribution >= 4 is 11.6 Å². The van der Waals surface area contributed by atoms with E-state index in [4.69, 9.17) is 16.3 Å². The number of halogens is 1. The van der Waals surface area contributed by atoms with E-state index in [2.05, 4.69) is 37.4 Å². The predicted molar refractivity (Wildman–Crippen MR) is 89.2 cm³/mol. The SMILES string of the molecule is CNC(C)c1ccc(OCc2ccc(C)cc2Cl)c(C)c1. The zero-order chi connectivity index (χ0) is 15.4. The van der Waals surface area contributed by atoms with Gasteiger partial charge < -0.3 is 10.1 Å². The third-order valence-electron chi connectivity index (χ3n) is 3.72. The van der Waals surface area contributed by atoms with Crippen molar-refractivity contribution in [3.63, 3.8) is 0 Å². The summed E-state index contributed by atoms with van der Waals surface area (Å²) in [5, 5.41) is 4.00. The Labute approximate surface area is 132 Å². The lowest BCUT2D eigenvalue weighted by Gasteiger charge is -2.15. The van der Waals surface area contributed by atoms with Crippen LogP contribution in [0.3, 0.4) is 0 Å². The molecule has 2 rings (SSSR count). The van der Waals surface area contributed by atoms with Crippen molar-refractivity contribution < 1.29 is 4.74 Å². The molecule has 2 nitrogen and oxygen atoms in total. The summed E-state index contributed by atoms with van der Waals surface area (Å²) < 4.78 is 5.91. The highest BCUT2D eigenvalue weighted by atomic mass is 35.5. The van der Waals surface area contributed by atoms with Gasteiger partial charge in [-0.15, -0.1) is 0 Å². The third-order valence-corrected chi connectivity index (χ3v) is 4.08. The van der Waals surface area contributed by atoms with Crippen LogP contribution in [-0.2, 0) is 6.61 Å². The Bertz CT molecular complexity index is 625. The summed E-state index contributed by atoms with van der Waals surface area (Å²) in [4.78, 5) is 0. The highest BCUT2D eigenvalue weighted by Crippen LogP contribution is 2.25. The predicted octanol–water partition coefficient (Wildman–Crippen LogP) is 4.82. The Balaban J connectivity index is 2.10. The maximum Gasteiger partial charge on any atom is 0.122 e. The molecule has 0 spiro atoms. The first kappa shape index (κ1) is 15.9. The number of aryl methyl sites for hydroxylation is 2. The van der Waals surface area contributed by atoms with E-state index in [1.807, 2.05) is 32.2 Å². The van der Waals surface area contributed by atoms with E-state index in [9.17, 15) is 0 Å². The van der Waals surface area contributed by atoms with E-state index in [-0.39, 0.29) is 0 Å². The summed E-state index contributed by atoms with van der Waals surface area (Å²) in [5.74, 6) is 0.902. The molecule has 1 unspecified atom stereocenters. The standard InChI is InChI=1S/C18H22ClNO/c1-12-5-6-16(17(19)9-12)11-21-18-8-7-15(10-13(18)2)14(3)20-4/h5-10,14,20H,11H2,1-4H3. The minimum atomic E-state index is 0.337. The molecule has 2 aromatic carbocycles. The lowest BCUT2D eigenvalue weighted by atomic mass is 10.1. The Hall–Kier alpha value is -1.51. The molecule has 0 heterocycles.